The van der Waals surface area contributed by atoms with Crippen molar-refractivity contribution in [2.75, 3.05) is 14.1 Å². The zero-order valence-electron chi connectivity index (χ0n) is 77.3. The molecular weight excluding hydrogens is 2720 g/mol. The van der Waals surface area contributed by atoms with Crippen molar-refractivity contribution in [2.45, 2.75) is 113 Å². The lowest BCUT2D eigenvalue weighted by Crippen LogP contribution is -2.48. The van der Waals surface area contributed by atoms with Crippen LogP contribution in [-0.2, 0) is 78.4 Å². The Morgan fingerprint density at radius 1 is 0.556 bits per heavy atom. The third kappa shape index (κ3) is 42.3. The number of rotatable bonds is 18. The summed E-state index contributed by atoms with van der Waals surface area (Å²) in [4.78, 5) is 148. The van der Waals surface area contributed by atoms with Crippen molar-refractivity contribution in [3.63, 3.8) is 0 Å². The van der Waals surface area contributed by atoms with E-state index in [0.717, 1.165) is 70.5 Å². The van der Waals surface area contributed by atoms with Gasteiger partial charge in [0.15, 0.2) is 13.8 Å². The smallest absolute Gasteiger partial charge is 0.324 e. The van der Waals surface area contributed by atoms with E-state index in [4.69, 9.17) is 11.6 Å². The largest absolute Gasteiger partial charge is 0.347 e. The van der Waals surface area contributed by atoms with E-state index >= 15 is 0 Å². The fourth-order valence-electron chi connectivity index (χ4n) is 12.3. The second-order valence-corrected chi connectivity index (χ2v) is 57.1. The lowest BCUT2D eigenvalue weighted by molar-refractivity contribution is -0.133. The number of carbonyl (C=O) groups excluding carboxylic acids is 4. The van der Waals surface area contributed by atoms with E-state index in [0.29, 0.717) is 43.8 Å². The molecule has 0 saturated heterocycles. The van der Waals surface area contributed by atoms with Crippen LogP contribution < -0.4 is 44.9 Å². The first kappa shape index (κ1) is 127. The summed E-state index contributed by atoms with van der Waals surface area (Å²) in [6.07, 6.45) is 11.7. The average Bonchev–Trinajstić information content (AvgIpc) is 0.758. The van der Waals surface area contributed by atoms with Gasteiger partial charge in [-0.05, 0) is 208 Å². The lowest BCUT2D eigenvalue weighted by Gasteiger charge is -2.43. The highest BCUT2D eigenvalue weighted by Gasteiger charge is 2.41. The van der Waals surface area contributed by atoms with Gasteiger partial charge in [0, 0.05) is 132 Å². The molecule has 768 valence electrons. The topological polar surface area (TPSA) is 434 Å². The summed E-state index contributed by atoms with van der Waals surface area (Å²) in [5.74, 6) is -0.428. The monoisotopic (exact) mass is 2810 g/mol. The number of hydrogen-bond acceptors (Lipinski definition) is 20. The molecule has 0 spiro atoms. The van der Waals surface area contributed by atoms with Crippen LogP contribution in [0.3, 0.4) is 0 Å². The van der Waals surface area contributed by atoms with Gasteiger partial charge in [0.25, 0.3) is 42.9 Å². The van der Waals surface area contributed by atoms with Crippen LogP contribution in [0.1, 0.15) is 131 Å². The molecule has 4 aromatic heterocycles. The Morgan fingerprint density at radius 3 is 1.41 bits per heavy atom. The number of nitrogens with zero attached hydrogens (tertiary/aromatic N) is 12. The third-order valence-corrected chi connectivity index (χ3v) is 28.1. The third-order valence-electron chi connectivity index (χ3n) is 19.7. The van der Waals surface area contributed by atoms with Gasteiger partial charge >= 0.3 is 38.4 Å². The summed E-state index contributed by atoms with van der Waals surface area (Å²) in [6, 6.07) is 78.7. The van der Waals surface area contributed by atoms with E-state index < -0.39 is 80.6 Å². The van der Waals surface area contributed by atoms with E-state index in [1.54, 1.807) is 61.7 Å². The van der Waals surface area contributed by atoms with E-state index in [2.05, 4.69) is 287 Å². The van der Waals surface area contributed by atoms with Gasteiger partial charge in [-0.15, -0.1) is 0 Å². The number of amides is 3. The highest BCUT2D eigenvalue weighted by Crippen LogP contribution is 2.68. The molecule has 0 aliphatic carbocycles. The molecule has 0 bridgehead atoms. The number of carbonyl (C=O) groups is 4. The van der Waals surface area contributed by atoms with Crippen LogP contribution in [0.4, 0.5) is 0 Å². The van der Waals surface area contributed by atoms with E-state index in [1.807, 2.05) is 208 Å². The first-order valence-corrected chi connectivity index (χ1v) is 62.0. The van der Waals surface area contributed by atoms with Gasteiger partial charge in [-0.25, -0.2) is 42.1 Å². The van der Waals surface area contributed by atoms with Crippen LogP contribution in [0.15, 0.2) is 354 Å². The summed E-state index contributed by atoms with van der Waals surface area (Å²) in [7, 11) is 0.838. The molecule has 0 radical (unpaired) electrons. The number of aryl methyl sites for hydroxylation is 1. The Morgan fingerprint density at radius 2 is 0.972 bits per heavy atom. The zero-order valence-corrected chi connectivity index (χ0v) is 99.6. The Kier molecular flexibility index (Phi) is 58.0. The van der Waals surface area contributed by atoms with Crippen molar-refractivity contribution in [2.24, 2.45) is 18.0 Å². The fraction of sp³-hybridized carbons (Fsp3) is 0.221. The Bertz CT molecular complexity index is 6970. The molecule has 0 fully saturated rings. The van der Waals surface area contributed by atoms with Crippen LogP contribution in [-0.4, -0.2) is 132 Å². The van der Waals surface area contributed by atoms with E-state index in [-0.39, 0.29) is 68.7 Å². The summed E-state index contributed by atoms with van der Waals surface area (Å²) in [5, 5.41) is 14.0. The number of aromatic nitrogens is 11. The van der Waals surface area contributed by atoms with Crippen LogP contribution in [0, 0.1) is 5.92 Å². The highest BCUT2D eigenvalue weighted by atomic mass is 80.9. The van der Waals surface area contributed by atoms with Crippen LogP contribution in [0.25, 0.3) is 0 Å². The summed E-state index contributed by atoms with van der Waals surface area (Å²) in [5.41, 5.74) is 5.16. The van der Waals surface area contributed by atoms with Gasteiger partial charge in [-0.3, -0.25) is 75.9 Å². The molecule has 15 rings (SSSR count). The van der Waals surface area contributed by atoms with Crippen molar-refractivity contribution in [3.8, 4) is 0 Å². The molecule has 7 heterocycles. The second kappa shape index (κ2) is 65.6. The molecule has 3 aliphatic rings. The molecular formula is C95H99Br12ClN17O16PS2. The van der Waals surface area contributed by atoms with Gasteiger partial charge in [0.1, 0.15) is 8.96 Å². The number of aromatic amines is 5. The summed E-state index contributed by atoms with van der Waals surface area (Å²) >= 11 is 39.0. The number of benzene rings is 8. The predicted octanol–water partition coefficient (Wildman–Crippen LogP) is 21.7. The number of aliphatic imine (C=N–C) groups is 1. The quantitative estimate of drug-likeness (QED) is 0.0175. The molecule has 5 N–H and O–H groups in total. The number of nitrogens with one attached hydrogen (secondary N) is 5. The number of halogens is 13. The molecule has 5 atom stereocenters. The maximum Gasteiger partial charge on any atom is 0.347 e. The van der Waals surface area contributed by atoms with E-state index in [1.165, 1.54) is 40.3 Å². The highest BCUT2D eigenvalue weighted by molar-refractivity contribution is 9.94. The lowest BCUT2D eigenvalue weighted by atomic mass is 9.85. The second-order valence-electron chi connectivity index (χ2n) is 29.5. The van der Waals surface area contributed by atoms with Gasteiger partial charge in [0.05, 0.1) is 53.3 Å². The molecule has 3 amide bonds. The van der Waals surface area contributed by atoms with Crippen LogP contribution in [0.5, 0.6) is 0 Å². The molecule has 33 nitrogen and oxygen atoms in total. The van der Waals surface area contributed by atoms with E-state index in [9.17, 15) is 74.7 Å². The number of H-pyrrole nitrogens is 5. The molecule has 8 aromatic carbocycles. The fourth-order valence-corrected chi connectivity index (χ4v) is 17.9. The van der Waals surface area contributed by atoms with Crippen molar-refractivity contribution >= 4 is 252 Å². The van der Waals surface area contributed by atoms with Crippen LogP contribution >= 0.6 is 201 Å². The SMILES string of the molecule is BrBr.C.CC1=C(Br)C(=O)N(Cc2ccccc2)S(=O)(=O)N1C.CC1=C(Br)C(=O)N(Cc2ccccc2)S(=O)N1C.CCC/C=C(\Br)C(=O)Cl.CC[C@H]1C=C(Br)C(=O)N([C@@H](C)c2ccccc2)[C@@H]1c1ccccc1.C[C@H](N=Cc1ccccc1)c1ccccc1.Cn1nc(Br)c(=O)n(Cc2ccccc2)c1=O.O=P(Br)(Br)Br.O=c1[nH]ccn(Cc2ccccc2)c1=O.O=c1[nH]nc(Br)c(=O)[nH]1.O=c1[nH]nc(Br)c(=O)[nH]1. The molecule has 0 saturated carbocycles. The van der Waals surface area contributed by atoms with Crippen molar-refractivity contribution in [1.29, 1.82) is 0 Å². The first-order valence-electron chi connectivity index (χ1n) is 42.1. The molecule has 12 aromatic rings. The first-order chi connectivity index (χ1) is 67.8. The van der Waals surface area contributed by atoms with Crippen LogP contribution in [0.2, 0.25) is 0 Å². The van der Waals surface area contributed by atoms with Gasteiger partial charge in [-0.2, -0.15) is 23.7 Å². The number of hydrogen-bond donors (Lipinski definition) is 5. The Hall–Kier alpha value is -9.04. The number of allylic oxidation sites excluding steroid dienone is 4. The Labute approximate surface area is 936 Å². The number of unbranched alkanes of at least 4 members (excludes halogenated alkanes) is 1. The minimum Gasteiger partial charge on any atom is -0.324 e. The standard InChI is InChI=1S/C21H22BrNO.C15H15N.C12H13BrN2O3S.C12H13BrN2O2S.C11H10BrN3O2.C11H10N2O2.C6H8BrClO.2C3H2BrN3O2.CH4.Br3OP.Br2/c1-3-16-14-19(22)21(24)23(15(2)17-10-6-4-7-11-17)20(16)18-12-8-5-9-13-18;1-13(15-10-6-3-7-11-15)16-12-14-8-4-2-5-9-14;1-9-11(13)12(16)15(19(17,18)14(9)2)8-10-6-4-3-5-7-10;1-9-11(13)12(16)15(18(17)14(9)2)8-10-6-4-3-5-7-10;1-14-11(17)15(10(16)9(12)13-14)7-8-5-3-2-4-6-8;14-10-11(15)13(7-6-12-10)8-9-4-2-1-3-5-9;1-2-3-4-5(7)6(8)9;2*4-1-2(8)5-3(9)7-6-1;;1-5(2,3)4;1-2/h4-16,20H,3H2,1-2H3;2-13H,1H3;3-7H,8H2,1-2H3;3-7H,8H2,1-2H3;2-6H,7H2,1H3;1-7H,8H2,(H,12,14);4H,2-3H2,1H3;2*(H2,5,7,8,9);1H4;;/b;;;;;;5-4-;;;;;/t15-,16-,20-;13-;;;;;;;;;;/m00........../s1. The van der Waals surface area contributed by atoms with Crippen molar-refractivity contribution in [1.82, 2.24) is 76.4 Å². The zero-order chi connectivity index (χ0) is 106. The minimum absolute atomic E-state index is 0. The molecule has 49 heteroatoms. The maximum atomic E-state index is 13.0. The predicted molar refractivity (Wildman–Crippen MR) is 612 cm³/mol. The molecule has 1 unspecified atom stereocenters. The summed E-state index contributed by atoms with van der Waals surface area (Å²) in [6.45, 7) is 12.8. The Balaban J connectivity index is 0.000000339. The average molecular weight is 2820 g/mol. The maximum absolute atomic E-state index is 13.0. The van der Waals surface area contributed by atoms with Crippen molar-refractivity contribution < 1.29 is 36.4 Å². The molecule has 3 aliphatic heterocycles. The minimum atomic E-state index is -3.80. The molecule has 144 heavy (non-hydrogen) atoms. The normalized spacial score (nSPS) is 14.9. The van der Waals surface area contributed by atoms with Gasteiger partial charge in [0.2, 0.25) is 11.2 Å². The van der Waals surface area contributed by atoms with Gasteiger partial charge in [-0.1, -0.05) is 283 Å². The summed E-state index contributed by atoms with van der Waals surface area (Å²) < 4.78 is 55.1. The van der Waals surface area contributed by atoms with Crippen molar-refractivity contribution in [3.05, 3.63) is 438 Å². The van der Waals surface area contributed by atoms with Gasteiger partial charge < -0.3 is 14.5 Å².